The molecule has 1 aromatic rings. The maximum atomic E-state index is 11.4. The first kappa shape index (κ1) is 23.9. The Bertz CT molecular complexity index is 671. The Labute approximate surface area is 180 Å². The molecule has 1 saturated heterocycles. The lowest BCUT2D eigenvalue weighted by Gasteiger charge is -2.32. The number of hydrogen-bond acceptors (Lipinski definition) is 5. The second kappa shape index (κ2) is 13.1. The Balaban J connectivity index is 1.90. The number of nitrogens with two attached hydrogens (primary N) is 1. The summed E-state index contributed by atoms with van der Waals surface area (Å²) in [6, 6.07) is 4.00. The number of primary amides is 1. The molecule has 8 heteroatoms. The van der Waals surface area contributed by atoms with Crippen molar-refractivity contribution in [3.63, 3.8) is 0 Å². The minimum Gasteiger partial charge on any atom is -0.380 e. The molecule has 1 aliphatic rings. The molecule has 168 valence electrons. The van der Waals surface area contributed by atoms with Crippen LogP contribution in [0.5, 0.6) is 0 Å². The average Bonchev–Trinajstić information content (AvgIpc) is 2.74. The Morgan fingerprint density at radius 2 is 2.10 bits per heavy atom. The zero-order valence-corrected chi connectivity index (χ0v) is 18.7. The second-order valence-corrected chi connectivity index (χ2v) is 8.07. The lowest BCUT2D eigenvalue weighted by atomic mass is 9.96. The molecular formula is C22H38N6O2. The highest BCUT2D eigenvalue weighted by Crippen LogP contribution is 2.24. The number of carbonyl (C=O) groups excluding carboxylic acids is 1. The van der Waals surface area contributed by atoms with E-state index in [0.717, 1.165) is 62.8 Å². The molecule has 0 unspecified atom stereocenters. The first-order valence-corrected chi connectivity index (χ1v) is 11.1. The molecule has 0 saturated carbocycles. The molecule has 1 aliphatic heterocycles. The van der Waals surface area contributed by atoms with E-state index in [2.05, 4.69) is 47.4 Å². The van der Waals surface area contributed by atoms with Gasteiger partial charge in [0.05, 0.1) is 13.2 Å². The second-order valence-electron chi connectivity index (χ2n) is 8.07. The van der Waals surface area contributed by atoms with Gasteiger partial charge >= 0.3 is 0 Å². The van der Waals surface area contributed by atoms with Gasteiger partial charge in [-0.25, -0.2) is 9.98 Å². The number of pyridine rings is 1. The third-order valence-corrected chi connectivity index (χ3v) is 5.19. The quantitative estimate of drug-likeness (QED) is 0.288. The van der Waals surface area contributed by atoms with Crippen molar-refractivity contribution in [3.8, 4) is 0 Å². The van der Waals surface area contributed by atoms with E-state index in [1.807, 2.05) is 6.07 Å². The molecule has 2 rings (SSSR count). The van der Waals surface area contributed by atoms with Gasteiger partial charge in [0, 0.05) is 50.5 Å². The summed E-state index contributed by atoms with van der Waals surface area (Å²) in [6.07, 6.45) is 4.43. The molecule has 1 fully saturated rings. The molecule has 0 atom stereocenters. The van der Waals surface area contributed by atoms with Crippen molar-refractivity contribution in [3.05, 3.63) is 23.9 Å². The number of carbonyl (C=O) groups is 1. The fraction of sp³-hybridized carbons (Fsp3) is 0.682. The lowest BCUT2D eigenvalue weighted by Crippen LogP contribution is -2.40. The van der Waals surface area contributed by atoms with Crippen molar-refractivity contribution in [1.82, 2.24) is 15.6 Å². The molecule has 8 nitrogen and oxygen atoms in total. The lowest BCUT2D eigenvalue weighted by molar-refractivity contribution is -0.122. The van der Waals surface area contributed by atoms with Gasteiger partial charge in [-0.3, -0.25) is 4.79 Å². The number of guanidine groups is 1. The number of amides is 1. The molecule has 0 spiro atoms. The number of piperidine rings is 1. The topological polar surface area (TPSA) is 105 Å². The van der Waals surface area contributed by atoms with Crippen molar-refractivity contribution in [2.45, 2.75) is 46.6 Å². The normalized spacial score (nSPS) is 15.5. The van der Waals surface area contributed by atoms with Gasteiger partial charge < -0.3 is 26.0 Å². The van der Waals surface area contributed by atoms with Crippen LogP contribution in [0.2, 0.25) is 0 Å². The minimum atomic E-state index is -0.199. The van der Waals surface area contributed by atoms with E-state index in [4.69, 9.17) is 15.5 Å². The highest BCUT2D eigenvalue weighted by Gasteiger charge is 2.24. The van der Waals surface area contributed by atoms with Crippen LogP contribution in [0, 0.1) is 11.8 Å². The van der Waals surface area contributed by atoms with Crippen LogP contribution in [0.25, 0.3) is 0 Å². The molecule has 30 heavy (non-hydrogen) atoms. The van der Waals surface area contributed by atoms with Crippen LogP contribution in [-0.4, -0.2) is 56.2 Å². The van der Waals surface area contributed by atoms with Crippen LogP contribution in [-0.2, 0) is 16.1 Å². The van der Waals surface area contributed by atoms with E-state index in [-0.39, 0.29) is 11.8 Å². The SMILES string of the molecule is CCNC(=NCc1cccnc1N1CCC(C(N)=O)CC1)NCCOCCC(C)C. The van der Waals surface area contributed by atoms with Crippen LogP contribution in [0.15, 0.2) is 23.3 Å². The summed E-state index contributed by atoms with van der Waals surface area (Å²) in [4.78, 5) is 23.0. The number of aliphatic imine (C=N–C) groups is 1. The summed E-state index contributed by atoms with van der Waals surface area (Å²) in [5, 5.41) is 6.60. The summed E-state index contributed by atoms with van der Waals surface area (Å²) >= 11 is 0. The number of hydrogen-bond donors (Lipinski definition) is 3. The van der Waals surface area contributed by atoms with Gasteiger partial charge in [-0.1, -0.05) is 19.9 Å². The summed E-state index contributed by atoms with van der Waals surface area (Å²) in [5.74, 6) is 2.14. The summed E-state index contributed by atoms with van der Waals surface area (Å²) in [7, 11) is 0. The fourth-order valence-corrected chi connectivity index (χ4v) is 3.38. The highest BCUT2D eigenvalue weighted by atomic mass is 16.5. The van der Waals surface area contributed by atoms with Crippen LogP contribution < -0.4 is 21.3 Å². The predicted octanol–water partition coefficient (Wildman–Crippen LogP) is 1.90. The van der Waals surface area contributed by atoms with Gasteiger partial charge in [-0.05, 0) is 38.2 Å². The van der Waals surface area contributed by atoms with Crippen LogP contribution in [0.1, 0.15) is 45.6 Å². The first-order valence-electron chi connectivity index (χ1n) is 11.1. The average molecular weight is 419 g/mol. The van der Waals surface area contributed by atoms with Crippen LogP contribution in [0.3, 0.4) is 0 Å². The standard InChI is InChI=1S/C22H38N6O2/c1-4-24-22(26-11-15-30-14-9-17(2)3)27-16-19-6-5-10-25-21(19)28-12-7-18(8-13-28)20(23)29/h5-6,10,17-18H,4,7-9,11-16H2,1-3H3,(H2,23,29)(H2,24,26,27). The number of nitrogens with one attached hydrogen (secondary N) is 2. The zero-order valence-electron chi connectivity index (χ0n) is 18.7. The van der Waals surface area contributed by atoms with Crippen molar-refractivity contribution >= 4 is 17.7 Å². The molecule has 1 amide bonds. The van der Waals surface area contributed by atoms with Crippen molar-refractivity contribution in [2.75, 3.05) is 44.3 Å². The fourth-order valence-electron chi connectivity index (χ4n) is 3.38. The Hall–Kier alpha value is -2.35. The van der Waals surface area contributed by atoms with Crippen molar-refractivity contribution < 1.29 is 9.53 Å². The van der Waals surface area contributed by atoms with Crippen LogP contribution in [0.4, 0.5) is 5.82 Å². The van der Waals surface area contributed by atoms with Gasteiger partial charge in [0.25, 0.3) is 0 Å². The summed E-state index contributed by atoms with van der Waals surface area (Å²) < 4.78 is 5.66. The highest BCUT2D eigenvalue weighted by molar-refractivity contribution is 5.79. The molecule has 0 aliphatic carbocycles. The van der Waals surface area contributed by atoms with Gasteiger partial charge in [0.2, 0.25) is 5.91 Å². The van der Waals surface area contributed by atoms with Gasteiger partial charge in [0.15, 0.2) is 5.96 Å². The van der Waals surface area contributed by atoms with Crippen LogP contribution >= 0.6 is 0 Å². The smallest absolute Gasteiger partial charge is 0.220 e. The molecule has 0 radical (unpaired) electrons. The molecule has 2 heterocycles. The third-order valence-electron chi connectivity index (χ3n) is 5.19. The minimum absolute atomic E-state index is 0.0289. The van der Waals surface area contributed by atoms with Crippen molar-refractivity contribution in [1.29, 1.82) is 0 Å². The molecule has 0 bridgehead atoms. The molecule has 1 aromatic heterocycles. The number of aromatic nitrogens is 1. The Morgan fingerprint density at radius 1 is 1.33 bits per heavy atom. The molecule has 0 aromatic carbocycles. The summed E-state index contributed by atoms with van der Waals surface area (Å²) in [5.41, 5.74) is 6.53. The molecule has 4 N–H and O–H groups in total. The van der Waals surface area contributed by atoms with Gasteiger partial charge in [0.1, 0.15) is 5.82 Å². The number of ether oxygens (including phenoxy) is 1. The molecular weight excluding hydrogens is 380 g/mol. The number of nitrogens with zero attached hydrogens (tertiary/aromatic N) is 3. The van der Waals surface area contributed by atoms with E-state index in [1.54, 1.807) is 6.20 Å². The maximum Gasteiger partial charge on any atom is 0.220 e. The van der Waals surface area contributed by atoms with Gasteiger partial charge in [-0.2, -0.15) is 0 Å². The van der Waals surface area contributed by atoms with Gasteiger partial charge in [-0.15, -0.1) is 0 Å². The Kier molecular flexibility index (Phi) is 10.4. The first-order chi connectivity index (χ1) is 14.5. The van der Waals surface area contributed by atoms with E-state index in [9.17, 15) is 4.79 Å². The monoisotopic (exact) mass is 418 g/mol. The predicted molar refractivity (Wildman–Crippen MR) is 121 cm³/mol. The zero-order chi connectivity index (χ0) is 21.8. The van der Waals surface area contributed by atoms with E-state index < -0.39 is 0 Å². The summed E-state index contributed by atoms with van der Waals surface area (Å²) in [6.45, 7) is 11.5. The number of anilines is 1. The van der Waals surface area contributed by atoms with E-state index >= 15 is 0 Å². The van der Waals surface area contributed by atoms with E-state index in [1.165, 1.54) is 0 Å². The number of rotatable bonds is 11. The Morgan fingerprint density at radius 3 is 2.77 bits per heavy atom. The third kappa shape index (κ3) is 8.18. The van der Waals surface area contributed by atoms with E-state index in [0.29, 0.717) is 25.6 Å². The van der Waals surface area contributed by atoms with Crippen molar-refractivity contribution in [2.24, 2.45) is 22.6 Å². The maximum absolute atomic E-state index is 11.4. The largest absolute Gasteiger partial charge is 0.380 e.